The Hall–Kier alpha value is -3.95. The first-order valence-corrected chi connectivity index (χ1v) is 24.9. The van der Waals surface area contributed by atoms with Crippen LogP contribution in [0.5, 0.6) is 0 Å². The van der Waals surface area contributed by atoms with Crippen LogP contribution in [0.2, 0.25) is 33.2 Å². The van der Waals surface area contributed by atoms with Gasteiger partial charge in [-0.2, -0.15) is 0 Å². The Morgan fingerprint density at radius 1 is 0.526 bits per heavy atom. The van der Waals surface area contributed by atoms with Crippen molar-refractivity contribution in [1.29, 1.82) is 0 Å². The molecule has 0 unspecified atom stereocenters. The highest BCUT2D eigenvalue weighted by Crippen LogP contribution is 2.45. The molecule has 0 spiro atoms. The molecule has 308 valence electrons. The largest absolute Gasteiger partial charge is 0.399 e. The summed E-state index contributed by atoms with van der Waals surface area (Å²) in [5.41, 5.74) is 11.6. The van der Waals surface area contributed by atoms with Crippen molar-refractivity contribution in [3.8, 4) is 0 Å². The van der Waals surface area contributed by atoms with E-state index in [-0.39, 0.29) is 5.69 Å². The highest BCUT2D eigenvalue weighted by atomic mass is 79.9. The number of nitrogen functional groups attached to an aromatic ring is 1. The van der Waals surface area contributed by atoms with Gasteiger partial charge in [0.05, 0.1) is 0 Å². The van der Waals surface area contributed by atoms with Crippen LogP contribution >= 0.6 is 15.9 Å². The topological polar surface area (TPSA) is 73.7 Å². The molecule has 2 aromatic carbocycles. The zero-order valence-corrected chi connectivity index (χ0v) is 38.9. The van der Waals surface area contributed by atoms with E-state index in [1.807, 2.05) is 18.2 Å². The molecule has 0 amide bonds. The Bertz CT molecular complexity index is 2220. The van der Waals surface area contributed by atoms with Gasteiger partial charge in [0.2, 0.25) is 0 Å². The Morgan fingerprint density at radius 2 is 0.947 bits per heavy atom. The van der Waals surface area contributed by atoms with Crippen LogP contribution in [0.15, 0.2) is 89.8 Å². The smallest absolute Gasteiger partial charge is 0.171 e. The number of nitrogens with zero attached hydrogens (tertiary/aromatic N) is 4. The lowest BCUT2D eigenvalue weighted by Gasteiger charge is -2.44. The van der Waals surface area contributed by atoms with E-state index in [1.54, 1.807) is 0 Å². The van der Waals surface area contributed by atoms with Crippen molar-refractivity contribution in [3.63, 3.8) is 0 Å². The number of aromatic nitrogens is 4. The fraction of sp³-hybridized carbons (Fsp3) is 0.409. The van der Waals surface area contributed by atoms with Crippen LogP contribution in [-0.4, -0.2) is 34.9 Å². The van der Waals surface area contributed by atoms with Crippen molar-refractivity contribution >= 4 is 71.7 Å². The molecule has 0 radical (unpaired) electrons. The lowest BCUT2D eigenvalue weighted by molar-refractivity contribution is 0.509. The van der Waals surface area contributed by atoms with E-state index in [9.17, 15) is 17.6 Å². The van der Waals surface area contributed by atoms with Crippen molar-refractivity contribution in [2.75, 3.05) is 11.1 Å². The molecule has 57 heavy (non-hydrogen) atoms. The zero-order valence-electron chi connectivity index (χ0n) is 35.3. The van der Waals surface area contributed by atoms with Gasteiger partial charge >= 0.3 is 0 Å². The molecule has 0 aliphatic heterocycles. The SMILES string of the molecule is CC(C)[Si](C(C)C)(C(C)C)n1ccc2ccc(Br)nc21.CC(C)[Si](C(C)C)(C(C)C)n1ccc2ccc(Nc3ccc(F)c(F)c3)nc21.Nc1ccc(F)c(F)c1. The molecule has 13 heteroatoms. The first kappa shape index (κ1) is 45.8. The van der Waals surface area contributed by atoms with Crippen LogP contribution in [0.4, 0.5) is 34.8 Å². The number of pyridine rings is 2. The number of benzene rings is 2. The zero-order chi connectivity index (χ0) is 42.6. The van der Waals surface area contributed by atoms with Crippen molar-refractivity contribution in [2.45, 2.75) is 116 Å². The maximum Gasteiger partial charge on any atom is 0.171 e. The molecule has 3 N–H and O–H groups in total. The summed E-state index contributed by atoms with van der Waals surface area (Å²) >= 11 is 3.52. The minimum atomic E-state index is -1.93. The second kappa shape index (κ2) is 18.8. The van der Waals surface area contributed by atoms with Gasteiger partial charge in [-0.25, -0.2) is 27.5 Å². The molecule has 4 heterocycles. The second-order valence-corrected chi connectivity index (χ2v) is 28.9. The van der Waals surface area contributed by atoms with Gasteiger partial charge in [-0.05, 0) is 128 Å². The third-order valence-electron chi connectivity index (χ3n) is 11.6. The van der Waals surface area contributed by atoms with Gasteiger partial charge < -0.3 is 19.5 Å². The van der Waals surface area contributed by atoms with Gasteiger partial charge in [0.15, 0.2) is 39.7 Å². The fourth-order valence-electron chi connectivity index (χ4n) is 9.59. The number of rotatable bonds is 10. The van der Waals surface area contributed by atoms with Gasteiger partial charge in [0.25, 0.3) is 0 Å². The van der Waals surface area contributed by atoms with Gasteiger partial charge in [0.1, 0.15) is 21.7 Å². The van der Waals surface area contributed by atoms with Gasteiger partial charge in [-0.15, -0.1) is 0 Å². The molecule has 0 atom stereocenters. The summed E-state index contributed by atoms with van der Waals surface area (Å²) in [4.78, 5) is 9.63. The van der Waals surface area contributed by atoms with E-state index in [0.29, 0.717) is 44.8 Å². The monoisotopic (exact) mass is 882 g/mol. The highest BCUT2D eigenvalue weighted by Gasteiger charge is 2.47. The van der Waals surface area contributed by atoms with Crippen LogP contribution in [-0.2, 0) is 0 Å². The summed E-state index contributed by atoms with van der Waals surface area (Å²) in [6.45, 7) is 28.2. The molecule has 0 aliphatic rings. The molecule has 0 saturated carbocycles. The first-order chi connectivity index (χ1) is 26.7. The molecular formula is C44H59BrF4N6Si2. The molecule has 4 aromatic heterocycles. The summed E-state index contributed by atoms with van der Waals surface area (Å²) < 4.78 is 56.8. The molecule has 0 fully saturated rings. The number of nitrogens with two attached hydrogens (primary N) is 1. The van der Waals surface area contributed by atoms with Crippen LogP contribution in [0.1, 0.15) is 83.1 Å². The number of hydrogen-bond acceptors (Lipinski definition) is 4. The summed E-state index contributed by atoms with van der Waals surface area (Å²) in [6.07, 6.45) is 4.46. The minimum Gasteiger partial charge on any atom is -0.399 e. The van der Waals surface area contributed by atoms with Crippen LogP contribution in [0.25, 0.3) is 22.1 Å². The van der Waals surface area contributed by atoms with Crippen molar-refractivity contribution in [1.82, 2.24) is 18.4 Å². The Morgan fingerprint density at radius 3 is 1.37 bits per heavy atom. The maximum atomic E-state index is 13.5. The molecule has 6 rings (SSSR count). The van der Waals surface area contributed by atoms with E-state index in [4.69, 9.17) is 15.7 Å². The Labute approximate surface area is 346 Å². The third kappa shape index (κ3) is 9.36. The standard InChI is InChI=1S/C22H29F2N3Si.C16H25BrN2Si.C6H5F2N/c1-14(2)28(15(3)4,16(5)6)27-12-11-17-7-10-21(26-22(17)27)25-18-8-9-19(23)20(24)13-18;1-11(2)20(12(3)4,13(5)6)19-10-9-14-7-8-15(17)18-16(14)19;7-5-2-1-4(9)3-6(5)8/h7-16H,1-6H3,(H,25,26);7-13H,1-6H3;1-3H,9H2. The number of nitrogens with one attached hydrogen (secondary N) is 1. The van der Waals surface area contributed by atoms with Crippen molar-refractivity contribution in [3.05, 3.63) is 113 Å². The minimum absolute atomic E-state index is 0.230. The quantitative estimate of drug-likeness (QED) is 0.0622. The Balaban J connectivity index is 0.000000215. The molecule has 0 bridgehead atoms. The van der Waals surface area contributed by atoms with Crippen molar-refractivity contribution < 1.29 is 17.6 Å². The van der Waals surface area contributed by atoms with Gasteiger partial charge in [-0.3, -0.25) is 0 Å². The molecule has 0 saturated heterocycles. The van der Waals surface area contributed by atoms with Gasteiger partial charge in [-0.1, -0.05) is 83.1 Å². The molecule has 6 aromatic rings. The highest BCUT2D eigenvalue weighted by molar-refractivity contribution is 9.10. The van der Waals surface area contributed by atoms with E-state index in [2.05, 4.69) is 143 Å². The number of halogens is 5. The number of anilines is 3. The van der Waals surface area contributed by atoms with Crippen LogP contribution < -0.4 is 11.1 Å². The van der Waals surface area contributed by atoms with E-state index >= 15 is 0 Å². The van der Waals surface area contributed by atoms with E-state index in [1.165, 1.54) is 17.5 Å². The average Bonchev–Trinajstić information content (AvgIpc) is 3.73. The fourth-order valence-corrected chi connectivity index (χ4v) is 23.0. The lowest BCUT2D eigenvalue weighted by atomic mass is 10.3. The van der Waals surface area contributed by atoms with Crippen LogP contribution in [0.3, 0.4) is 0 Å². The van der Waals surface area contributed by atoms with E-state index in [0.717, 1.165) is 45.5 Å². The van der Waals surface area contributed by atoms with E-state index < -0.39 is 39.7 Å². The molecule has 0 aliphatic carbocycles. The first-order valence-electron chi connectivity index (χ1n) is 19.7. The van der Waals surface area contributed by atoms with Gasteiger partial charge in [0, 0.05) is 28.2 Å². The predicted molar refractivity (Wildman–Crippen MR) is 240 cm³/mol. The number of hydrogen-bond donors (Lipinski definition) is 2. The van der Waals surface area contributed by atoms with Crippen LogP contribution in [0, 0.1) is 23.3 Å². The average molecular weight is 884 g/mol. The summed E-state index contributed by atoms with van der Waals surface area (Å²) in [5.74, 6) is -2.89. The second-order valence-electron chi connectivity index (χ2n) is 16.7. The summed E-state index contributed by atoms with van der Waals surface area (Å²) in [7, 11) is -3.64. The molecular weight excluding hydrogens is 825 g/mol. The summed E-state index contributed by atoms with van der Waals surface area (Å²) in [6, 6.07) is 19.4. The normalized spacial score (nSPS) is 12.3. The Kier molecular flexibility index (Phi) is 15.1. The summed E-state index contributed by atoms with van der Waals surface area (Å²) in [5, 5.41) is 5.44. The third-order valence-corrected chi connectivity index (χ3v) is 25.5. The predicted octanol–water partition coefficient (Wildman–Crippen LogP) is 14.5. The lowest BCUT2D eigenvalue weighted by Crippen LogP contribution is -2.51. The molecule has 6 nitrogen and oxygen atoms in total. The maximum absolute atomic E-state index is 13.5. The van der Waals surface area contributed by atoms with Crippen molar-refractivity contribution in [2.24, 2.45) is 0 Å². The number of fused-ring (bicyclic) bond motifs is 2.